The molecule has 1 atom stereocenters. The molecule has 0 radical (unpaired) electrons. The highest BCUT2D eigenvalue weighted by Crippen LogP contribution is 2.51. The molecule has 8 heteroatoms. The first-order valence-electron chi connectivity index (χ1n) is 6.09. The minimum Gasteiger partial charge on any atom is -0.413 e. The molecule has 0 aliphatic rings. The van der Waals surface area contributed by atoms with Crippen LogP contribution in [-0.2, 0) is 9.09 Å². The smallest absolute Gasteiger partial charge is 0.413 e. The maximum absolute atomic E-state index is 12.9. The second-order valence-corrected chi connectivity index (χ2v) is 6.80. The van der Waals surface area contributed by atoms with E-state index in [-0.39, 0.29) is 12.5 Å². The molecule has 1 rings (SSSR count). The number of rotatable bonds is 10. The Morgan fingerprint density at radius 2 is 1.60 bits per heavy atom. The highest BCUT2D eigenvalue weighted by molar-refractivity contribution is 7.51. The molecule has 1 aromatic carbocycles. The Morgan fingerprint density at radius 3 is 2.10 bits per heavy atom. The minimum absolute atomic E-state index is 0.118. The van der Waals surface area contributed by atoms with Gasteiger partial charge in [0.2, 0.25) is 0 Å². The van der Waals surface area contributed by atoms with Gasteiger partial charge in [0.1, 0.15) is 5.75 Å². The Morgan fingerprint density at radius 1 is 1.00 bits per heavy atom. The average Bonchev–Trinajstić information content (AvgIpc) is 2.46. The van der Waals surface area contributed by atoms with E-state index in [1.807, 2.05) is 6.07 Å². The van der Waals surface area contributed by atoms with Crippen LogP contribution in [0.1, 0.15) is 0 Å². The van der Waals surface area contributed by atoms with Crippen molar-refractivity contribution in [1.29, 1.82) is 0 Å². The van der Waals surface area contributed by atoms with Crippen molar-refractivity contribution in [3.63, 3.8) is 0 Å². The maximum atomic E-state index is 12.9. The summed E-state index contributed by atoms with van der Waals surface area (Å²) in [6.45, 7) is 0.814. The summed E-state index contributed by atoms with van der Waals surface area (Å²) in [5.41, 5.74) is 0. The summed E-state index contributed by atoms with van der Waals surface area (Å²) in [6.07, 6.45) is 0. The van der Waals surface area contributed by atoms with E-state index in [4.69, 9.17) is 43.9 Å². The third kappa shape index (κ3) is 5.80. The maximum Gasteiger partial charge on any atom is 0.461 e. The number of nitrogens with zero attached hydrogens (tertiary/aromatic N) is 1. The van der Waals surface area contributed by atoms with E-state index in [0.717, 1.165) is 0 Å². The zero-order chi connectivity index (χ0) is 14.8. The molecule has 0 bridgehead atoms. The summed E-state index contributed by atoms with van der Waals surface area (Å²) in [5, 5.41) is 0. The summed E-state index contributed by atoms with van der Waals surface area (Å²) in [5.74, 6) is 1.27. The van der Waals surface area contributed by atoms with E-state index in [2.05, 4.69) is 0 Å². The molecular weight excluding hydrogens is 343 g/mol. The summed E-state index contributed by atoms with van der Waals surface area (Å²) >= 11 is 17.1. The molecule has 0 aliphatic carbocycles. The van der Waals surface area contributed by atoms with Crippen molar-refractivity contribution in [3.8, 4) is 5.75 Å². The van der Waals surface area contributed by atoms with Crippen molar-refractivity contribution in [2.45, 2.75) is 0 Å². The first-order chi connectivity index (χ1) is 9.66. The number of hydrogen-bond donors (Lipinski definition) is 0. The van der Waals surface area contributed by atoms with Gasteiger partial charge in [-0.2, -0.15) is 4.67 Å². The van der Waals surface area contributed by atoms with E-state index >= 15 is 0 Å². The molecule has 1 aromatic rings. The Kier molecular flexibility index (Phi) is 8.94. The molecule has 0 fully saturated rings. The second-order valence-electron chi connectivity index (χ2n) is 3.73. The molecule has 0 heterocycles. The third-order valence-corrected chi connectivity index (χ3v) is 4.86. The van der Waals surface area contributed by atoms with Crippen LogP contribution < -0.4 is 4.52 Å². The quantitative estimate of drug-likeness (QED) is 0.463. The minimum atomic E-state index is -3.52. The van der Waals surface area contributed by atoms with Gasteiger partial charge in [-0.05, 0) is 12.1 Å². The van der Waals surface area contributed by atoms with Crippen LogP contribution in [0.2, 0.25) is 0 Å². The molecule has 1 unspecified atom stereocenters. The van der Waals surface area contributed by atoms with Crippen molar-refractivity contribution < 1.29 is 13.6 Å². The van der Waals surface area contributed by atoms with Gasteiger partial charge in [0.05, 0.1) is 6.61 Å². The normalized spacial score (nSPS) is 14.2. The zero-order valence-corrected chi connectivity index (χ0v) is 14.0. The Labute approximate surface area is 134 Å². The van der Waals surface area contributed by atoms with Crippen LogP contribution in [0, 0.1) is 0 Å². The summed E-state index contributed by atoms with van der Waals surface area (Å²) in [4.78, 5) is 0. The van der Waals surface area contributed by atoms with Gasteiger partial charge in [0.15, 0.2) is 0 Å². The van der Waals surface area contributed by atoms with E-state index in [1.54, 1.807) is 24.3 Å². The Hall–Kier alpha value is 0.0400. The predicted octanol–water partition coefficient (Wildman–Crippen LogP) is 4.21. The molecule has 20 heavy (non-hydrogen) atoms. The number of halogens is 3. The molecular formula is C12H17Cl3NO3P. The fourth-order valence-corrected chi connectivity index (χ4v) is 4.04. The van der Waals surface area contributed by atoms with E-state index in [9.17, 15) is 4.57 Å². The first kappa shape index (κ1) is 18.1. The Balaban J connectivity index is 2.90. The van der Waals surface area contributed by atoms with Gasteiger partial charge in [-0.1, -0.05) is 18.2 Å². The molecule has 0 N–H and O–H groups in total. The van der Waals surface area contributed by atoms with E-state index in [0.29, 0.717) is 30.6 Å². The lowest BCUT2D eigenvalue weighted by Crippen LogP contribution is -2.28. The second kappa shape index (κ2) is 9.88. The van der Waals surface area contributed by atoms with Crippen LogP contribution in [0.5, 0.6) is 5.75 Å². The largest absolute Gasteiger partial charge is 0.461 e. The lowest BCUT2D eigenvalue weighted by Gasteiger charge is -2.29. The Bertz CT molecular complexity index is 416. The molecule has 0 aromatic heterocycles. The van der Waals surface area contributed by atoms with Gasteiger partial charge in [-0.15, -0.1) is 34.8 Å². The van der Waals surface area contributed by atoms with Crippen molar-refractivity contribution in [2.75, 3.05) is 37.3 Å². The fourth-order valence-electron chi connectivity index (χ4n) is 1.48. The van der Waals surface area contributed by atoms with Gasteiger partial charge in [0.25, 0.3) is 0 Å². The molecule has 114 valence electrons. The summed E-state index contributed by atoms with van der Waals surface area (Å²) in [7, 11) is -3.52. The van der Waals surface area contributed by atoms with E-state index in [1.165, 1.54) is 4.67 Å². The standard InChI is InChI=1S/C12H17Cl3NO3P/c13-6-9-16(10-7-14)20(17,18-11-8-15)19-12-4-2-1-3-5-12/h1-5H,6-11H2. The number of benzene rings is 1. The lowest BCUT2D eigenvalue weighted by molar-refractivity contribution is 0.223. The van der Waals surface area contributed by atoms with Crippen LogP contribution in [0.25, 0.3) is 0 Å². The SMILES string of the molecule is O=P(OCCCl)(Oc1ccccc1)N(CCCl)CCCl. The highest BCUT2D eigenvalue weighted by atomic mass is 35.5. The number of hydrogen-bond acceptors (Lipinski definition) is 3. The highest BCUT2D eigenvalue weighted by Gasteiger charge is 2.34. The van der Waals surface area contributed by atoms with Crippen molar-refractivity contribution >= 4 is 42.5 Å². The molecule has 0 saturated heterocycles. The molecule has 4 nitrogen and oxygen atoms in total. The third-order valence-electron chi connectivity index (χ3n) is 2.33. The fraction of sp³-hybridized carbons (Fsp3) is 0.500. The van der Waals surface area contributed by atoms with Gasteiger partial charge < -0.3 is 4.52 Å². The summed E-state index contributed by atoms with van der Waals surface area (Å²) in [6, 6.07) is 8.82. The van der Waals surface area contributed by atoms with Crippen LogP contribution in [0.15, 0.2) is 30.3 Å². The monoisotopic (exact) mass is 359 g/mol. The predicted molar refractivity (Wildman–Crippen MR) is 84.4 cm³/mol. The first-order valence-corrected chi connectivity index (χ1v) is 9.18. The van der Waals surface area contributed by atoms with Gasteiger partial charge >= 0.3 is 7.75 Å². The van der Waals surface area contributed by atoms with Crippen molar-refractivity contribution in [2.24, 2.45) is 0 Å². The average molecular weight is 361 g/mol. The van der Waals surface area contributed by atoms with Crippen LogP contribution in [0.4, 0.5) is 0 Å². The van der Waals surface area contributed by atoms with Crippen molar-refractivity contribution in [3.05, 3.63) is 30.3 Å². The zero-order valence-electron chi connectivity index (χ0n) is 10.9. The van der Waals surface area contributed by atoms with Crippen LogP contribution >= 0.6 is 42.5 Å². The van der Waals surface area contributed by atoms with Gasteiger partial charge in [-0.25, -0.2) is 4.57 Å². The number of para-hydroxylation sites is 1. The number of alkyl halides is 3. The lowest BCUT2D eigenvalue weighted by atomic mass is 10.3. The summed E-state index contributed by atoms with van der Waals surface area (Å²) < 4.78 is 25.4. The van der Waals surface area contributed by atoms with Gasteiger partial charge in [0, 0.05) is 30.7 Å². The topological polar surface area (TPSA) is 38.8 Å². The van der Waals surface area contributed by atoms with Crippen LogP contribution in [0.3, 0.4) is 0 Å². The van der Waals surface area contributed by atoms with Crippen molar-refractivity contribution in [1.82, 2.24) is 4.67 Å². The van der Waals surface area contributed by atoms with E-state index < -0.39 is 7.75 Å². The molecule has 0 amide bonds. The van der Waals surface area contributed by atoms with Crippen LogP contribution in [-0.4, -0.2) is 42.0 Å². The molecule has 0 spiro atoms. The van der Waals surface area contributed by atoms with Gasteiger partial charge in [-0.3, -0.25) is 4.52 Å². The molecule has 0 saturated carbocycles. The molecule has 0 aliphatic heterocycles.